The van der Waals surface area contributed by atoms with Gasteiger partial charge in [-0.3, -0.25) is 9.79 Å². The molecule has 30 heavy (non-hydrogen) atoms. The molecule has 4 heteroatoms. The maximum absolute atomic E-state index is 12.2. The molecule has 0 aliphatic carbocycles. The summed E-state index contributed by atoms with van der Waals surface area (Å²) >= 11 is 0. The topological polar surface area (TPSA) is 53.5 Å². The molecule has 0 radical (unpaired) electrons. The zero-order valence-corrected chi connectivity index (χ0v) is 18.1. The SMILES string of the molecule is C=N\C=C/C(=C\C)/C=C/c1cccc(Nc2ccc(C(=O)NCCC(C)C)cc2)c1. The van der Waals surface area contributed by atoms with Crippen molar-refractivity contribution in [3.8, 4) is 0 Å². The molecule has 0 saturated carbocycles. The van der Waals surface area contributed by atoms with Gasteiger partial charge in [0.25, 0.3) is 5.91 Å². The van der Waals surface area contributed by atoms with E-state index in [0.29, 0.717) is 18.0 Å². The largest absolute Gasteiger partial charge is 0.356 e. The summed E-state index contributed by atoms with van der Waals surface area (Å²) < 4.78 is 0. The number of aliphatic imine (C=N–C) groups is 1. The molecule has 4 nitrogen and oxygen atoms in total. The molecule has 0 unspecified atom stereocenters. The normalized spacial score (nSPS) is 11.9. The van der Waals surface area contributed by atoms with Crippen molar-refractivity contribution in [2.24, 2.45) is 10.9 Å². The molecule has 0 aromatic heterocycles. The molecule has 2 N–H and O–H groups in total. The molecule has 156 valence electrons. The number of hydrogen-bond donors (Lipinski definition) is 2. The Kier molecular flexibility index (Phi) is 9.32. The van der Waals surface area contributed by atoms with Crippen LogP contribution in [0.4, 0.5) is 11.4 Å². The van der Waals surface area contributed by atoms with E-state index in [9.17, 15) is 4.79 Å². The van der Waals surface area contributed by atoms with E-state index in [1.807, 2.05) is 61.5 Å². The Morgan fingerprint density at radius 1 is 1.10 bits per heavy atom. The fourth-order valence-corrected chi connectivity index (χ4v) is 2.75. The Balaban J connectivity index is 2.00. The van der Waals surface area contributed by atoms with Crippen LogP contribution < -0.4 is 10.6 Å². The zero-order chi connectivity index (χ0) is 21.8. The monoisotopic (exact) mass is 401 g/mol. The van der Waals surface area contributed by atoms with Crippen molar-refractivity contribution in [2.45, 2.75) is 27.2 Å². The third-order valence-corrected chi connectivity index (χ3v) is 4.50. The highest BCUT2D eigenvalue weighted by Gasteiger charge is 2.05. The fraction of sp³-hybridized carbons (Fsp3) is 0.231. The highest BCUT2D eigenvalue weighted by molar-refractivity contribution is 5.94. The number of amides is 1. The predicted octanol–water partition coefficient (Wildman–Crippen LogP) is 6.38. The number of benzene rings is 2. The lowest BCUT2D eigenvalue weighted by molar-refractivity contribution is 0.0952. The third-order valence-electron chi connectivity index (χ3n) is 4.50. The minimum absolute atomic E-state index is 0.0326. The molecular formula is C26H31N3O. The number of nitrogens with one attached hydrogen (secondary N) is 2. The molecule has 0 fully saturated rings. The highest BCUT2D eigenvalue weighted by Crippen LogP contribution is 2.19. The minimum Gasteiger partial charge on any atom is -0.356 e. The van der Waals surface area contributed by atoms with E-state index in [2.05, 4.69) is 54.4 Å². The molecule has 1 amide bonds. The summed E-state index contributed by atoms with van der Waals surface area (Å²) in [5, 5.41) is 6.35. The van der Waals surface area contributed by atoms with E-state index in [-0.39, 0.29) is 5.91 Å². The van der Waals surface area contributed by atoms with Gasteiger partial charge < -0.3 is 10.6 Å². The minimum atomic E-state index is -0.0326. The molecular weight excluding hydrogens is 370 g/mol. The van der Waals surface area contributed by atoms with Crippen LogP contribution in [0.5, 0.6) is 0 Å². The van der Waals surface area contributed by atoms with Gasteiger partial charge in [0.1, 0.15) is 0 Å². The van der Waals surface area contributed by atoms with E-state index >= 15 is 0 Å². The van der Waals surface area contributed by atoms with Gasteiger partial charge in [-0.1, -0.05) is 44.2 Å². The van der Waals surface area contributed by atoms with Crippen molar-refractivity contribution in [1.29, 1.82) is 0 Å². The number of carbonyl (C=O) groups is 1. The summed E-state index contributed by atoms with van der Waals surface area (Å²) in [5.74, 6) is 0.544. The van der Waals surface area contributed by atoms with E-state index in [0.717, 1.165) is 28.9 Å². The maximum Gasteiger partial charge on any atom is 0.251 e. The van der Waals surface area contributed by atoms with Crippen LogP contribution in [0, 0.1) is 5.92 Å². The number of carbonyl (C=O) groups excluding carboxylic acids is 1. The van der Waals surface area contributed by atoms with Crippen molar-refractivity contribution in [1.82, 2.24) is 5.32 Å². The Bertz CT molecular complexity index is 922. The van der Waals surface area contributed by atoms with Crippen molar-refractivity contribution < 1.29 is 4.79 Å². The van der Waals surface area contributed by atoms with Crippen molar-refractivity contribution in [3.05, 3.63) is 89.7 Å². The standard InChI is InChI=1S/C26H31N3O/c1-5-21(16-17-27-4)9-10-22-7-6-8-25(19-22)29-24-13-11-23(12-14-24)26(30)28-18-15-20(2)3/h5-14,16-17,19-20,29H,4,15,18H2,1-3H3,(H,28,30)/b10-9+,17-16-,21-5-. The Hall–Kier alpha value is -3.40. The summed E-state index contributed by atoms with van der Waals surface area (Å²) in [7, 11) is 0. The smallest absolute Gasteiger partial charge is 0.251 e. The fourth-order valence-electron chi connectivity index (χ4n) is 2.75. The maximum atomic E-state index is 12.2. The Labute approximate surface area is 180 Å². The van der Waals surface area contributed by atoms with Crippen molar-refractivity contribution >= 4 is 30.1 Å². The number of allylic oxidation sites excluding steroid dienone is 4. The van der Waals surface area contributed by atoms with Crippen LogP contribution in [0.1, 0.15) is 43.1 Å². The van der Waals surface area contributed by atoms with Crippen LogP contribution in [-0.2, 0) is 0 Å². The quantitative estimate of drug-likeness (QED) is 0.358. The number of anilines is 2. The van der Waals surface area contributed by atoms with Gasteiger partial charge in [-0.05, 0) is 79.6 Å². The highest BCUT2D eigenvalue weighted by atomic mass is 16.1. The van der Waals surface area contributed by atoms with Crippen LogP contribution in [0.2, 0.25) is 0 Å². The van der Waals surface area contributed by atoms with Crippen molar-refractivity contribution in [3.63, 3.8) is 0 Å². The molecule has 0 heterocycles. The molecule has 0 saturated heterocycles. The molecule has 0 aliphatic heterocycles. The van der Waals surface area contributed by atoms with Gasteiger partial charge in [-0.25, -0.2) is 0 Å². The summed E-state index contributed by atoms with van der Waals surface area (Å²) in [4.78, 5) is 15.9. The Morgan fingerprint density at radius 2 is 1.87 bits per heavy atom. The lowest BCUT2D eigenvalue weighted by atomic mass is 10.1. The van der Waals surface area contributed by atoms with Crippen molar-refractivity contribution in [2.75, 3.05) is 11.9 Å². The lowest BCUT2D eigenvalue weighted by Gasteiger charge is -2.10. The first-order valence-corrected chi connectivity index (χ1v) is 10.2. The predicted molar refractivity (Wildman–Crippen MR) is 129 cm³/mol. The van der Waals surface area contributed by atoms with Crippen LogP contribution in [0.25, 0.3) is 6.08 Å². The second-order valence-corrected chi connectivity index (χ2v) is 7.39. The number of rotatable bonds is 10. The van der Waals surface area contributed by atoms with E-state index in [4.69, 9.17) is 0 Å². The first-order valence-electron chi connectivity index (χ1n) is 10.2. The van der Waals surface area contributed by atoms with Crippen LogP contribution >= 0.6 is 0 Å². The van der Waals surface area contributed by atoms with Gasteiger partial charge >= 0.3 is 0 Å². The molecule has 0 atom stereocenters. The second kappa shape index (κ2) is 12.2. The Morgan fingerprint density at radius 3 is 2.53 bits per heavy atom. The molecule has 0 aliphatic rings. The second-order valence-electron chi connectivity index (χ2n) is 7.39. The molecule has 0 spiro atoms. The van der Waals surface area contributed by atoms with E-state index in [1.54, 1.807) is 6.20 Å². The summed E-state index contributed by atoms with van der Waals surface area (Å²) in [6.07, 6.45) is 10.7. The van der Waals surface area contributed by atoms with Gasteiger partial charge in [0, 0.05) is 29.7 Å². The third kappa shape index (κ3) is 7.92. The van der Waals surface area contributed by atoms with E-state index < -0.39 is 0 Å². The van der Waals surface area contributed by atoms with Gasteiger partial charge in [0.15, 0.2) is 0 Å². The van der Waals surface area contributed by atoms with Crippen LogP contribution in [0.3, 0.4) is 0 Å². The summed E-state index contributed by atoms with van der Waals surface area (Å²) in [5.41, 5.74) is 4.73. The average Bonchev–Trinajstić information content (AvgIpc) is 2.74. The zero-order valence-electron chi connectivity index (χ0n) is 18.1. The first-order chi connectivity index (χ1) is 14.5. The summed E-state index contributed by atoms with van der Waals surface area (Å²) in [6, 6.07) is 15.7. The van der Waals surface area contributed by atoms with E-state index in [1.165, 1.54) is 0 Å². The summed E-state index contributed by atoms with van der Waals surface area (Å²) in [6.45, 7) is 10.4. The van der Waals surface area contributed by atoms with Gasteiger partial charge in [0.05, 0.1) is 0 Å². The first kappa shape index (κ1) is 22.9. The molecule has 2 rings (SSSR count). The number of hydrogen-bond acceptors (Lipinski definition) is 3. The number of nitrogens with zero attached hydrogens (tertiary/aromatic N) is 1. The van der Waals surface area contributed by atoms with Gasteiger partial charge in [0.2, 0.25) is 0 Å². The molecule has 0 bridgehead atoms. The van der Waals surface area contributed by atoms with Crippen LogP contribution in [-0.4, -0.2) is 19.2 Å². The molecule has 2 aromatic carbocycles. The lowest BCUT2D eigenvalue weighted by Crippen LogP contribution is -2.25. The molecule has 2 aromatic rings. The van der Waals surface area contributed by atoms with Gasteiger partial charge in [-0.2, -0.15) is 0 Å². The average molecular weight is 402 g/mol. The van der Waals surface area contributed by atoms with Crippen LogP contribution in [0.15, 0.2) is 83.5 Å². The van der Waals surface area contributed by atoms with Gasteiger partial charge in [-0.15, -0.1) is 0 Å².